The molecule has 0 bridgehead atoms. The third kappa shape index (κ3) is 2.38. The van der Waals surface area contributed by atoms with Crippen molar-refractivity contribution in [2.75, 3.05) is 34.2 Å². The van der Waals surface area contributed by atoms with Crippen LogP contribution in [0.5, 0.6) is 0 Å². The summed E-state index contributed by atoms with van der Waals surface area (Å²) in [4.78, 5) is 15.2. The number of piperidine rings is 1. The van der Waals surface area contributed by atoms with Crippen LogP contribution >= 0.6 is 0 Å². The summed E-state index contributed by atoms with van der Waals surface area (Å²) in [7, 11) is 5.60. The first-order chi connectivity index (χ1) is 6.56. The van der Waals surface area contributed by atoms with Crippen molar-refractivity contribution < 1.29 is 4.79 Å². The highest BCUT2D eigenvalue weighted by molar-refractivity contribution is 5.73. The second-order valence-corrected chi connectivity index (χ2v) is 4.28. The van der Waals surface area contributed by atoms with Crippen molar-refractivity contribution in [3.63, 3.8) is 0 Å². The van der Waals surface area contributed by atoms with Gasteiger partial charge in [-0.3, -0.25) is 0 Å². The van der Waals surface area contributed by atoms with E-state index in [1.54, 1.807) is 19.0 Å². The van der Waals surface area contributed by atoms with Crippen LogP contribution in [0, 0.1) is 5.92 Å². The Morgan fingerprint density at radius 1 is 1.50 bits per heavy atom. The van der Waals surface area contributed by atoms with E-state index in [-0.39, 0.29) is 6.03 Å². The van der Waals surface area contributed by atoms with Crippen molar-refractivity contribution in [3.05, 3.63) is 0 Å². The average Bonchev–Trinajstić information content (AvgIpc) is 2.16. The van der Waals surface area contributed by atoms with Crippen LogP contribution in [0.1, 0.15) is 13.3 Å². The van der Waals surface area contributed by atoms with Gasteiger partial charge in [0.05, 0.1) is 0 Å². The van der Waals surface area contributed by atoms with Gasteiger partial charge in [-0.2, -0.15) is 0 Å². The lowest BCUT2D eigenvalue weighted by atomic mass is 9.94. The molecule has 82 valence electrons. The number of carbonyl (C=O) groups is 1. The molecule has 0 spiro atoms. The predicted molar refractivity (Wildman–Crippen MR) is 57.3 cm³/mol. The molecule has 1 fully saturated rings. The highest BCUT2D eigenvalue weighted by Gasteiger charge is 2.27. The SMILES string of the molecule is CNC1CCN(C(=O)N(C)C)C[C@@H]1C. The molecule has 1 heterocycles. The smallest absolute Gasteiger partial charge is 0.319 e. The highest BCUT2D eigenvalue weighted by atomic mass is 16.2. The molecule has 4 heteroatoms. The van der Waals surface area contributed by atoms with Crippen LogP contribution in [0.4, 0.5) is 4.79 Å². The minimum Gasteiger partial charge on any atom is -0.331 e. The maximum absolute atomic E-state index is 11.7. The van der Waals surface area contributed by atoms with Crippen molar-refractivity contribution in [3.8, 4) is 0 Å². The lowest BCUT2D eigenvalue weighted by Crippen LogP contribution is -2.51. The number of urea groups is 1. The molecule has 1 rings (SSSR count). The Bertz CT molecular complexity index is 206. The fourth-order valence-electron chi connectivity index (χ4n) is 2.03. The van der Waals surface area contributed by atoms with E-state index in [0.29, 0.717) is 12.0 Å². The van der Waals surface area contributed by atoms with Crippen molar-refractivity contribution in [2.24, 2.45) is 5.92 Å². The van der Waals surface area contributed by atoms with E-state index in [4.69, 9.17) is 0 Å². The third-order valence-corrected chi connectivity index (χ3v) is 2.93. The summed E-state index contributed by atoms with van der Waals surface area (Å²) in [5.41, 5.74) is 0. The van der Waals surface area contributed by atoms with Crippen molar-refractivity contribution >= 4 is 6.03 Å². The van der Waals surface area contributed by atoms with E-state index in [9.17, 15) is 4.79 Å². The second-order valence-electron chi connectivity index (χ2n) is 4.28. The van der Waals surface area contributed by atoms with Gasteiger partial charge in [0, 0.05) is 33.2 Å². The lowest BCUT2D eigenvalue weighted by Gasteiger charge is -2.37. The standard InChI is InChI=1S/C10H21N3O/c1-8-7-13(10(14)12(3)4)6-5-9(8)11-2/h8-9,11H,5-7H2,1-4H3/t8-,9?/m0/s1. The zero-order valence-corrected chi connectivity index (χ0v) is 9.58. The van der Waals surface area contributed by atoms with Crippen molar-refractivity contribution in [1.29, 1.82) is 0 Å². The molecule has 0 aromatic rings. The van der Waals surface area contributed by atoms with Gasteiger partial charge in [-0.1, -0.05) is 6.92 Å². The maximum atomic E-state index is 11.7. The fourth-order valence-corrected chi connectivity index (χ4v) is 2.03. The zero-order chi connectivity index (χ0) is 10.7. The molecular weight excluding hydrogens is 178 g/mol. The molecule has 0 aromatic heterocycles. The van der Waals surface area contributed by atoms with E-state index in [1.807, 2.05) is 11.9 Å². The first kappa shape index (κ1) is 11.3. The maximum Gasteiger partial charge on any atom is 0.319 e. The van der Waals surface area contributed by atoms with Crippen molar-refractivity contribution in [2.45, 2.75) is 19.4 Å². The lowest BCUT2D eigenvalue weighted by molar-refractivity contribution is 0.133. The molecular formula is C10H21N3O. The van der Waals surface area contributed by atoms with Gasteiger partial charge < -0.3 is 15.1 Å². The van der Waals surface area contributed by atoms with E-state index in [1.165, 1.54) is 0 Å². The fraction of sp³-hybridized carbons (Fsp3) is 0.900. The molecule has 0 saturated carbocycles. The van der Waals surface area contributed by atoms with E-state index < -0.39 is 0 Å². The van der Waals surface area contributed by atoms with Gasteiger partial charge in [-0.15, -0.1) is 0 Å². The molecule has 1 N–H and O–H groups in total. The average molecular weight is 199 g/mol. The summed E-state index contributed by atoms with van der Waals surface area (Å²) >= 11 is 0. The Kier molecular flexibility index (Phi) is 3.75. The van der Waals surface area contributed by atoms with Crippen LogP contribution in [0.15, 0.2) is 0 Å². The van der Waals surface area contributed by atoms with Gasteiger partial charge in [0.2, 0.25) is 0 Å². The number of nitrogens with one attached hydrogen (secondary N) is 1. The van der Waals surface area contributed by atoms with Crippen LogP contribution in [0.25, 0.3) is 0 Å². The number of carbonyl (C=O) groups excluding carboxylic acids is 1. The van der Waals surface area contributed by atoms with Gasteiger partial charge in [-0.25, -0.2) is 4.79 Å². The summed E-state index contributed by atoms with van der Waals surface area (Å²) in [5.74, 6) is 0.539. The van der Waals surface area contributed by atoms with Crippen molar-refractivity contribution in [1.82, 2.24) is 15.1 Å². The topological polar surface area (TPSA) is 35.6 Å². The minimum absolute atomic E-state index is 0.131. The Morgan fingerprint density at radius 2 is 2.14 bits per heavy atom. The molecule has 0 aliphatic carbocycles. The Morgan fingerprint density at radius 3 is 2.57 bits per heavy atom. The summed E-state index contributed by atoms with van der Waals surface area (Å²) < 4.78 is 0. The molecule has 1 aliphatic rings. The third-order valence-electron chi connectivity index (χ3n) is 2.93. The number of hydrogen-bond donors (Lipinski definition) is 1. The predicted octanol–water partition coefficient (Wildman–Crippen LogP) is 0.598. The number of hydrogen-bond acceptors (Lipinski definition) is 2. The van der Waals surface area contributed by atoms with E-state index >= 15 is 0 Å². The highest BCUT2D eigenvalue weighted by Crippen LogP contribution is 2.17. The molecule has 1 saturated heterocycles. The molecule has 4 nitrogen and oxygen atoms in total. The molecule has 14 heavy (non-hydrogen) atoms. The summed E-state index contributed by atoms with van der Waals surface area (Å²) in [6.07, 6.45) is 1.05. The monoisotopic (exact) mass is 199 g/mol. The molecule has 1 unspecified atom stereocenters. The van der Waals surface area contributed by atoms with Gasteiger partial charge >= 0.3 is 6.03 Å². The van der Waals surface area contributed by atoms with Crippen LogP contribution in [0.3, 0.4) is 0 Å². The van der Waals surface area contributed by atoms with Gasteiger partial charge in [0.15, 0.2) is 0 Å². The number of nitrogens with zero attached hydrogens (tertiary/aromatic N) is 2. The van der Waals surface area contributed by atoms with E-state index in [2.05, 4.69) is 12.2 Å². The normalized spacial score (nSPS) is 27.6. The number of likely N-dealkylation sites (tertiary alicyclic amines) is 1. The van der Waals surface area contributed by atoms with Gasteiger partial charge in [-0.05, 0) is 19.4 Å². The minimum atomic E-state index is 0.131. The quantitative estimate of drug-likeness (QED) is 0.671. The van der Waals surface area contributed by atoms with E-state index in [0.717, 1.165) is 19.5 Å². The Labute approximate surface area is 86.2 Å². The number of amides is 2. The first-order valence-corrected chi connectivity index (χ1v) is 5.19. The molecule has 0 radical (unpaired) electrons. The molecule has 2 amide bonds. The largest absolute Gasteiger partial charge is 0.331 e. The van der Waals surface area contributed by atoms with Crippen LogP contribution in [-0.4, -0.2) is 56.1 Å². The second kappa shape index (κ2) is 4.64. The summed E-state index contributed by atoms with van der Waals surface area (Å²) in [6.45, 7) is 3.92. The summed E-state index contributed by atoms with van der Waals surface area (Å²) in [6, 6.07) is 0.688. The summed E-state index contributed by atoms with van der Waals surface area (Å²) in [5, 5.41) is 3.29. The number of rotatable bonds is 1. The zero-order valence-electron chi connectivity index (χ0n) is 9.58. The van der Waals surface area contributed by atoms with Crippen LogP contribution in [-0.2, 0) is 0 Å². The van der Waals surface area contributed by atoms with Crippen LogP contribution < -0.4 is 5.32 Å². The first-order valence-electron chi connectivity index (χ1n) is 5.19. The van der Waals surface area contributed by atoms with Gasteiger partial charge in [0.25, 0.3) is 0 Å². The van der Waals surface area contributed by atoms with Gasteiger partial charge in [0.1, 0.15) is 0 Å². The molecule has 2 atom stereocenters. The Hall–Kier alpha value is -0.770. The van der Waals surface area contributed by atoms with Crippen LogP contribution in [0.2, 0.25) is 0 Å². The Balaban J connectivity index is 2.50. The molecule has 0 aromatic carbocycles. The molecule has 1 aliphatic heterocycles.